The maximum Gasteiger partial charge on any atom is 0.573 e. The Morgan fingerprint density at radius 2 is 1.73 bits per heavy atom. The summed E-state index contributed by atoms with van der Waals surface area (Å²) in [5.41, 5.74) is 1.49. The van der Waals surface area contributed by atoms with E-state index in [1.165, 1.54) is 19.2 Å². The molecule has 0 radical (unpaired) electrons. The van der Waals surface area contributed by atoms with E-state index in [9.17, 15) is 13.2 Å². The number of hydrogen-bond donors (Lipinski definition) is 0. The van der Waals surface area contributed by atoms with Crippen LogP contribution in [0.2, 0.25) is 0 Å². The van der Waals surface area contributed by atoms with Crippen molar-refractivity contribution in [1.82, 2.24) is 0 Å². The van der Waals surface area contributed by atoms with Gasteiger partial charge in [-0.3, -0.25) is 0 Å². The first-order chi connectivity index (χ1) is 6.83. The van der Waals surface area contributed by atoms with Gasteiger partial charge < -0.3 is 9.47 Å². The molecular weight excluding hydrogens is 209 g/mol. The second-order valence-corrected chi connectivity index (χ2v) is 3.12. The van der Waals surface area contributed by atoms with Gasteiger partial charge in [-0.25, -0.2) is 0 Å². The average Bonchev–Trinajstić information content (AvgIpc) is 2.08. The minimum absolute atomic E-state index is 0.262. The lowest BCUT2D eigenvalue weighted by molar-refractivity contribution is -0.274. The van der Waals surface area contributed by atoms with Gasteiger partial charge in [-0.1, -0.05) is 0 Å². The SMILES string of the molecule is COc1cc(OC(F)(F)F)cc(C)c1C. The van der Waals surface area contributed by atoms with Gasteiger partial charge in [-0.15, -0.1) is 13.2 Å². The predicted molar refractivity (Wildman–Crippen MR) is 49.2 cm³/mol. The number of halogens is 3. The van der Waals surface area contributed by atoms with Gasteiger partial charge in [-0.05, 0) is 31.0 Å². The number of alkyl halides is 3. The normalized spacial score (nSPS) is 11.3. The summed E-state index contributed by atoms with van der Waals surface area (Å²) in [4.78, 5) is 0. The molecule has 0 bridgehead atoms. The van der Waals surface area contributed by atoms with Crippen LogP contribution in [0, 0.1) is 13.8 Å². The van der Waals surface area contributed by atoms with Gasteiger partial charge in [0.2, 0.25) is 0 Å². The molecule has 1 aromatic rings. The molecule has 0 atom stereocenters. The summed E-state index contributed by atoms with van der Waals surface area (Å²) in [7, 11) is 1.40. The number of hydrogen-bond acceptors (Lipinski definition) is 2. The van der Waals surface area contributed by atoms with Crippen LogP contribution in [0.15, 0.2) is 12.1 Å². The van der Waals surface area contributed by atoms with Crippen molar-refractivity contribution in [3.05, 3.63) is 23.3 Å². The Balaban J connectivity index is 3.06. The van der Waals surface area contributed by atoms with Crippen LogP contribution in [-0.2, 0) is 0 Å². The zero-order valence-electron chi connectivity index (χ0n) is 8.61. The molecule has 0 fully saturated rings. The lowest BCUT2D eigenvalue weighted by Gasteiger charge is -2.13. The quantitative estimate of drug-likeness (QED) is 0.761. The molecule has 0 aliphatic heterocycles. The van der Waals surface area contributed by atoms with Gasteiger partial charge in [-0.2, -0.15) is 0 Å². The summed E-state index contributed by atoms with van der Waals surface area (Å²) in [5.74, 6) is 0.122. The zero-order valence-corrected chi connectivity index (χ0v) is 8.61. The molecule has 0 saturated heterocycles. The Bertz CT molecular complexity index is 358. The molecule has 0 amide bonds. The van der Waals surface area contributed by atoms with E-state index in [-0.39, 0.29) is 5.75 Å². The van der Waals surface area contributed by atoms with Gasteiger partial charge in [0.15, 0.2) is 0 Å². The molecule has 0 heterocycles. The summed E-state index contributed by atoms with van der Waals surface area (Å²) >= 11 is 0. The molecule has 5 heteroatoms. The van der Waals surface area contributed by atoms with Crippen molar-refractivity contribution in [3.8, 4) is 11.5 Å². The van der Waals surface area contributed by atoms with Crippen molar-refractivity contribution < 1.29 is 22.6 Å². The summed E-state index contributed by atoms with van der Waals surface area (Å²) in [5, 5.41) is 0. The first kappa shape index (κ1) is 11.7. The second kappa shape index (κ2) is 4.00. The summed E-state index contributed by atoms with van der Waals surface area (Å²) < 4.78 is 44.6. The van der Waals surface area contributed by atoms with E-state index in [0.717, 1.165) is 5.56 Å². The third-order valence-corrected chi connectivity index (χ3v) is 2.05. The Kier molecular flexibility index (Phi) is 3.12. The number of methoxy groups -OCH3 is 1. The van der Waals surface area contributed by atoms with Crippen LogP contribution in [0.3, 0.4) is 0 Å². The van der Waals surface area contributed by atoms with Crippen molar-refractivity contribution in [2.24, 2.45) is 0 Å². The highest BCUT2D eigenvalue weighted by atomic mass is 19.4. The Hall–Kier alpha value is -1.39. The van der Waals surface area contributed by atoms with Crippen molar-refractivity contribution in [2.75, 3.05) is 7.11 Å². The van der Waals surface area contributed by atoms with Crippen molar-refractivity contribution in [1.29, 1.82) is 0 Å². The fourth-order valence-electron chi connectivity index (χ4n) is 1.20. The number of rotatable bonds is 2. The molecule has 84 valence electrons. The smallest absolute Gasteiger partial charge is 0.496 e. The van der Waals surface area contributed by atoms with Gasteiger partial charge in [0, 0.05) is 6.07 Å². The first-order valence-electron chi connectivity index (χ1n) is 4.24. The van der Waals surface area contributed by atoms with Gasteiger partial charge in [0.25, 0.3) is 0 Å². The molecule has 0 aromatic heterocycles. The highest BCUT2D eigenvalue weighted by Gasteiger charge is 2.31. The van der Waals surface area contributed by atoms with Crippen LogP contribution in [0.25, 0.3) is 0 Å². The van der Waals surface area contributed by atoms with E-state index in [2.05, 4.69) is 4.74 Å². The molecule has 0 aliphatic rings. The van der Waals surface area contributed by atoms with Crippen LogP contribution in [0.4, 0.5) is 13.2 Å². The van der Waals surface area contributed by atoms with Crippen LogP contribution in [0.1, 0.15) is 11.1 Å². The second-order valence-electron chi connectivity index (χ2n) is 3.12. The molecule has 1 aromatic carbocycles. The van der Waals surface area contributed by atoms with Crippen molar-refractivity contribution >= 4 is 0 Å². The van der Waals surface area contributed by atoms with E-state index in [1.54, 1.807) is 13.8 Å². The van der Waals surface area contributed by atoms with E-state index in [4.69, 9.17) is 4.74 Å². The molecule has 0 unspecified atom stereocenters. The number of benzene rings is 1. The third-order valence-electron chi connectivity index (χ3n) is 2.05. The minimum atomic E-state index is -4.67. The summed E-state index contributed by atoms with van der Waals surface area (Å²) in [6.45, 7) is 3.46. The van der Waals surface area contributed by atoms with Crippen molar-refractivity contribution in [2.45, 2.75) is 20.2 Å². The average molecular weight is 220 g/mol. The van der Waals surface area contributed by atoms with Gasteiger partial charge >= 0.3 is 6.36 Å². The minimum Gasteiger partial charge on any atom is -0.496 e. The fraction of sp³-hybridized carbons (Fsp3) is 0.400. The highest BCUT2D eigenvalue weighted by Crippen LogP contribution is 2.30. The predicted octanol–water partition coefficient (Wildman–Crippen LogP) is 3.21. The van der Waals surface area contributed by atoms with Gasteiger partial charge in [0.05, 0.1) is 7.11 Å². The summed E-state index contributed by atoms with van der Waals surface area (Å²) in [6, 6.07) is 2.54. The maximum absolute atomic E-state index is 11.9. The van der Waals surface area contributed by atoms with Crippen LogP contribution in [-0.4, -0.2) is 13.5 Å². The highest BCUT2D eigenvalue weighted by molar-refractivity contribution is 5.45. The van der Waals surface area contributed by atoms with Crippen molar-refractivity contribution in [3.63, 3.8) is 0 Å². The summed E-state index contributed by atoms with van der Waals surface area (Å²) in [6.07, 6.45) is -4.67. The Labute approximate surface area is 85.6 Å². The van der Waals surface area contributed by atoms with E-state index >= 15 is 0 Å². The zero-order chi connectivity index (χ0) is 11.6. The van der Waals surface area contributed by atoms with Crippen LogP contribution in [0.5, 0.6) is 11.5 Å². The first-order valence-corrected chi connectivity index (χ1v) is 4.24. The maximum atomic E-state index is 11.9. The van der Waals surface area contributed by atoms with E-state index in [1.807, 2.05) is 0 Å². The fourth-order valence-corrected chi connectivity index (χ4v) is 1.20. The topological polar surface area (TPSA) is 18.5 Å². The third kappa shape index (κ3) is 3.04. The van der Waals surface area contributed by atoms with E-state index in [0.29, 0.717) is 11.3 Å². The van der Waals surface area contributed by atoms with Crippen LogP contribution >= 0.6 is 0 Å². The molecule has 0 N–H and O–H groups in total. The van der Waals surface area contributed by atoms with Gasteiger partial charge in [0.1, 0.15) is 11.5 Å². The molecule has 0 saturated carbocycles. The molecular formula is C10H11F3O2. The Morgan fingerprint density at radius 3 is 2.20 bits per heavy atom. The lowest BCUT2D eigenvalue weighted by atomic mass is 10.1. The molecule has 1 rings (SSSR count). The molecule has 15 heavy (non-hydrogen) atoms. The van der Waals surface area contributed by atoms with E-state index < -0.39 is 6.36 Å². The largest absolute Gasteiger partial charge is 0.573 e. The number of ether oxygens (including phenoxy) is 2. The molecule has 2 nitrogen and oxygen atoms in total. The van der Waals surface area contributed by atoms with Crippen LogP contribution < -0.4 is 9.47 Å². The monoisotopic (exact) mass is 220 g/mol. The lowest BCUT2D eigenvalue weighted by Crippen LogP contribution is -2.17. The standard InChI is InChI=1S/C10H11F3O2/c1-6-4-8(15-10(11,12)13)5-9(14-3)7(6)2/h4-5H,1-3H3. The Morgan fingerprint density at radius 1 is 1.13 bits per heavy atom. The molecule has 0 aliphatic carbocycles. The number of aryl methyl sites for hydroxylation is 1. The molecule has 0 spiro atoms.